The molecule has 0 radical (unpaired) electrons. The van der Waals surface area contributed by atoms with Gasteiger partial charge in [0.05, 0.1) is 0 Å². The summed E-state index contributed by atoms with van der Waals surface area (Å²) >= 11 is 0. The number of anilines is 1. The second-order valence-corrected chi connectivity index (χ2v) is 9.77. The SMILES string of the molecule is Cc1ccc(Pc2cc(C(C)(C)C)cc(C)c2O)c(CNc2ccccc2)c1. The number of aryl methyl sites for hydroxylation is 2. The first-order valence-electron chi connectivity index (χ1n) is 9.73. The molecule has 1 unspecified atom stereocenters. The maximum absolute atomic E-state index is 10.7. The Morgan fingerprint density at radius 2 is 1.61 bits per heavy atom. The molecule has 0 saturated carbocycles. The smallest absolute Gasteiger partial charge is 0.126 e. The van der Waals surface area contributed by atoms with Gasteiger partial charge in [0, 0.05) is 17.5 Å². The van der Waals surface area contributed by atoms with Gasteiger partial charge < -0.3 is 10.4 Å². The molecule has 0 amide bonds. The van der Waals surface area contributed by atoms with E-state index < -0.39 is 0 Å². The lowest BCUT2D eigenvalue weighted by molar-refractivity contribution is 0.474. The quantitative estimate of drug-likeness (QED) is 0.559. The first-order chi connectivity index (χ1) is 13.2. The van der Waals surface area contributed by atoms with Crippen LogP contribution in [0.1, 0.15) is 43.0 Å². The molecule has 3 heteroatoms. The van der Waals surface area contributed by atoms with Crippen LogP contribution in [0.2, 0.25) is 0 Å². The number of para-hydroxylation sites is 1. The lowest BCUT2D eigenvalue weighted by Crippen LogP contribution is -2.17. The summed E-state index contributed by atoms with van der Waals surface area (Å²) in [6.45, 7) is 11.5. The molecular formula is C25H30NOP. The van der Waals surface area contributed by atoms with E-state index in [1.165, 1.54) is 22.0 Å². The van der Waals surface area contributed by atoms with Gasteiger partial charge in [0.1, 0.15) is 5.75 Å². The lowest BCUT2D eigenvalue weighted by Gasteiger charge is -2.22. The summed E-state index contributed by atoms with van der Waals surface area (Å²) in [6, 6.07) is 21.2. The van der Waals surface area contributed by atoms with Crippen molar-refractivity contribution in [2.75, 3.05) is 5.32 Å². The van der Waals surface area contributed by atoms with Crippen LogP contribution in [-0.4, -0.2) is 5.11 Å². The molecule has 0 fully saturated rings. The summed E-state index contributed by atoms with van der Waals surface area (Å²) in [7, 11) is 0.420. The van der Waals surface area contributed by atoms with Gasteiger partial charge in [-0.25, -0.2) is 0 Å². The van der Waals surface area contributed by atoms with Crippen LogP contribution in [-0.2, 0) is 12.0 Å². The third kappa shape index (κ3) is 4.94. The number of aromatic hydroxyl groups is 1. The Bertz CT molecular complexity index is 958. The van der Waals surface area contributed by atoms with Gasteiger partial charge in [-0.2, -0.15) is 0 Å². The second kappa shape index (κ2) is 8.37. The third-order valence-corrected chi connectivity index (χ3v) is 6.36. The zero-order chi connectivity index (χ0) is 20.3. The van der Waals surface area contributed by atoms with E-state index in [1.54, 1.807) is 0 Å². The van der Waals surface area contributed by atoms with Gasteiger partial charge in [0.15, 0.2) is 0 Å². The van der Waals surface area contributed by atoms with Gasteiger partial charge in [-0.15, -0.1) is 0 Å². The average Bonchev–Trinajstić information content (AvgIpc) is 2.65. The third-order valence-electron chi connectivity index (χ3n) is 4.95. The molecule has 3 rings (SSSR count). The first-order valence-corrected chi connectivity index (χ1v) is 10.7. The minimum absolute atomic E-state index is 0.0582. The zero-order valence-electron chi connectivity index (χ0n) is 17.4. The molecule has 0 spiro atoms. The minimum Gasteiger partial charge on any atom is -0.507 e. The first kappa shape index (κ1) is 20.4. The molecule has 1 atom stereocenters. The predicted molar refractivity (Wildman–Crippen MR) is 124 cm³/mol. The van der Waals surface area contributed by atoms with E-state index in [0.717, 1.165) is 23.1 Å². The molecule has 0 aromatic heterocycles. The number of benzene rings is 3. The highest BCUT2D eigenvalue weighted by Gasteiger charge is 2.18. The van der Waals surface area contributed by atoms with Crippen molar-refractivity contribution in [2.24, 2.45) is 0 Å². The van der Waals surface area contributed by atoms with E-state index in [4.69, 9.17) is 0 Å². The predicted octanol–water partition coefficient (Wildman–Crippen LogP) is 5.55. The van der Waals surface area contributed by atoms with Crippen LogP contribution in [0, 0.1) is 13.8 Å². The fraction of sp³-hybridized carbons (Fsp3) is 0.280. The molecule has 0 aliphatic heterocycles. The highest BCUT2D eigenvalue weighted by Crippen LogP contribution is 2.30. The zero-order valence-corrected chi connectivity index (χ0v) is 18.4. The molecule has 2 nitrogen and oxygen atoms in total. The van der Waals surface area contributed by atoms with Crippen LogP contribution in [0.4, 0.5) is 5.69 Å². The van der Waals surface area contributed by atoms with E-state index in [9.17, 15) is 5.11 Å². The molecule has 0 aliphatic carbocycles. The van der Waals surface area contributed by atoms with Crippen molar-refractivity contribution in [2.45, 2.75) is 46.6 Å². The monoisotopic (exact) mass is 391 g/mol. The molecule has 0 heterocycles. The number of rotatable bonds is 5. The van der Waals surface area contributed by atoms with E-state index >= 15 is 0 Å². The lowest BCUT2D eigenvalue weighted by atomic mass is 9.86. The fourth-order valence-corrected chi connectivity index (χ4v) is 4.52. The highest BCUT2D eigenvalue weighted by molar-refractivity contribution is 7.55. The Morgan fingerprint density at radius 3 is 2.29 bits per heavy atom. The van der Waals surface area contributed by atoms with Crippen molar-refractivity contribution >= 4 is 24.9 Å². The molecule has 28 heavy (non-hydrogen) atoms. The largest absolute Gasteiger partial charge is 0.507 e. The summed E-state index contributed by atoms with van der Waals surface area (Å²) in [5.74, 6) is 0.425. The molecule has 0 aliphatic rings. The Balaban J connectivity index is 1.91. The number of phenolic OH excluding ortho intramolecular Hbond substituents is 1. The Morgan fingerprint density at radius 1 is 0.893 bits per heavy atom. The molecule has 0 saturated heterocycles. The van der Waals surface area contributed by atoms with Crippen molar-refractivity contribution in [1.82, 2.24) is 0 Å². The van der Waals surface area contributed by atoms with Crippen LogP contribution in [0.25, 0.3) is 0 Å². The van der Waals surface area contributed by atoms with Gasteiger partial charge in [-0.3, -0.25) is 0 Å². The summed E-state index contributed by atoms with van der Waals surface area (Å²) in [5, 5.41) is 16.5. The topological polar surface area (TPSA) is 32.3 Å². The summed E-state index contributed by atoms with van der Waals surface area (Å²) in [6.07, 6.45) is 0. The van der Waals surface area contributed by atoms with Crippen molar-refractivity contribution in [3.8, 4) is 5.75 Å². The van der Waals surface area contributed by atoms with E-state index in [0.29, 0.717) is 14.3 Å². The van der Waals surface area contributed by atoms with Gasteiger partial charge in [-0.1, -0.05) is 77.4 Å². The highest BCUT2D eigenvalue weighted by atomic mass is 31.1. The normalized spacial score (nSPS) is 11.9. The van der Waals surface area contributed by atoms with Gasteiger partial charge in [0.2, 0.25) is 0 Å². The molecule has 0 bridgehead atoms. The van der Waals surface area contributed by atoms with Crippen LogP contribution in [0.3, 0.4) is 0 Å². The standard InChI is InChI=1S/C25H30NOP/c1-17-11-12-22(19(13-17)16-26-21-9-7-6-8-10-21)28-23-15-20(25(3,4)5)14-18(2)24(23)27/h6-15,26-28H,16H2,1-5H3. The minimum atomic E-state index is 0.0582. The van der Waals surface area contributed by atoms with Gasteiger partial charge in [-0.05, 0) is 59.5 Å². The number of phenols is 1. The average molecular weight is 391 g/mol. The van der Waals surface area contributed by atoms with E-state index in [-0.39, 0.29) is 5.41 Å². The Labute approximate surface area is 170 Å². The van der Waals surface area contributed by atoms with Crippen molar-refractivity contribution in [3.05, 3.63) is 82.9 Å². The molecule has 2 N–H and O–H groups in total. The molecule has 146 valence electrons. The maximum Gasteiger partial charge on any atom is 0.126 e. The van der Waals surface area contributed by atoms with Crippen LogP contribution in [0.5, 0.6) is 5.75 Å². The van der Waals surface area contributed by atoms with Crippen molar-refractivity contribution < 1.29 is 5.11 Å². The Kier molecular flexibility index (Phi) is 6.10. The van der Waals surface area contributed by atoms with Crippen LogP contribution < -0.4 is 15.9 Å². The maximum atomic E-state index is 10.7. The summed E-state index contributed by atoms with van der Waals surface area (Å²) < 4.78 is 0. The van der Waals surface area contributed by atoms with Gasteiger partial charge in [0.25, 0.3) is 0 Å². The number of hydrogen-bond donors (Lipinski definition) is 2. The van der Waals surface area contributed by atoms with Crippen molar-refractivity contribution in [3.63, 3.8) is 0 Å². The summed E-state index contributed by atoms with van der Waals surface area (Å²) in [4.78, 5) is 0. The number of hydrogen-bond acceptors (Lipinski definition) is 2. The molecule has 3 aromatic carbocycles. The summed E-state index contributed by atoms with van der Waals surface area (Å²) in [5.41, 5.74) is 5.92. The van der Waals surface area contributed by atoms with E-state index in [1.807, 2.05) is 25.1 Å². The second-order valence-electron chi connectivity index (χ2n) is 8.44. The van der Waals surface area contributed by atoms with Crippen molar-refractivity contribution in [1.29, 1.82) is 0 Å². The Hall–Kier alpha value is -2.31. The molecular weight excluding hydrogens is 361 g/mol. The number of nitrogens with one attached hydrogen (secondary N) is 1. The van der Waals surface area contributed by atoms with E-state index in [2.05, 4.69) is 75.5 Å². The van der Waals surface area contributed by atoms with Crippen LogP contribution in [0.15, 0.2) is 60.7 Å². The van der Waals surface area contributed by atoms with Crippen LogP contribution >= 0.6 is 8.58 Å². The van der Waals surface area contributed by atoms with Gasteiger partial charge >= 0.3 is 0 Å². The fourth-order valence-electron chi connectivity index (χ4n) is 3.20. The molecule has 3 aromatic rings.